The summed E-state index contributed by atoms with van der Waals surface area (Å²) in [6.45, 7) is 0.815. The molecule has 6 aromatic carbocycles. The van der Waals surface area contributed by atoms with Crippen LogP contribution >= 0.6 is 0 Å². The first-order valence-electron chi connectivity index (χ1n) is 23.3. The van der Waals surface area contributed by atoms with Crippen molar-refractivity contribution in [3.63, 3.8) is 0 Å². The average Bonchev–Trinajstić information content (AvgIpc) is 3.40. The van der Waals surface area contributed by atoms with Crippen LogP contribution in [0.5, 0.6) is 0 Å². The fourth-order valence-electron chi connectivity index (χ4n) is 8.29. The third-order valence-electron chi connectivity index (χ3n) is 11.8. The van der Waals surface area contributed by atoms with Gasteiger partial charge in [-0.3, -0.25) is 4.79 Å². The van der Waals surface area contributed by atoms with Crippen LogP contribution in [0.15, 0.2) is 182 Å². The zero-order chi connectivity index (χ0) is 49.4. The van der Waals surface area contributed by atoms with Crippen LogP contribution in [0.4, 0.5) is 0 Å². The third-order valence-corrected chi connectivity index (χ3v) is 11.8. The van der Waals surface area contributed by atoms with Crippen molar-refractivity contribution in [2.45, 2.75) is 88.1 Å². The molecule has 10 atom stereocenters. The topological polar surface area (TPSA) is 184 Å². The lowest BCUT2D eigenvalue weighted by Gasteiger charge is -2.49. The number of amides is 1. The monoisotopic (exact) mass is 965 g/mol. The minimum atomic E-state index is -1.60. The predicted molar refractivity (Wildman–Crippen MR) is 256 cm³/mol. The number of rotatable bonds is 20. The lowest BCUT2D eigenvalue weighted by atomic mass is 9.94. The van der Waals surface area contributed by atoms with Crippen molar-refractivity contribution in [2.75, 3.05) is 13.2 Å². The molecule has 0 unspecified atom stereocenters. The molecule has 0 radical (unpaired) electrons. The highest BCUT2D eigenvalue weighted by Gasteiger charge is 2.56. The van der Waals surface area contributed by atoms with Crippen LogP contribution in [0.3, 0.4) is 0 Å². The smallest absolute Gasteiger partial charge is 0.338 e. The van der Waals surface area contributed by atoms with Crippen LogP contribution in [0.2, 0.25) is 0 Å². The molecule has 2 fully saturated rings. The van der Waals surface area contributed by atoms with E-state index in [2.05, 4.69) is 5.32 Å². The summed E-state index contributed by atoms with van der Waals surface area (Å²) in [5.74, 6) is -2.96. The molecule has 6 aromatic rings. The molecule has 368 valence electrons. The lowest BCUT2D eigenvalue weighted by molar-refractivity contribution is -0.352. The van der Waals surface area contributed by atoms with Gasteiger partial charge < -0.3 is 53.1 Å². The van der Waals surface area contributed by atoms with E-state index in [1.807, 2.05) is 91.0 Å². The molecule has 15 heteroatoms. The van der Waals surface area contributed by atoms with Gasteiger partial charge in [0.15, 0.2) is 24.8 Å². The van der Waals surface area contributed by atoms with E-state index in [9.17, 15) is 24.3 Å². The van der Waals surface area contributed by atoms with Gasteiger partial charge >= 0.3 is 17.9 Å². The Morgan fingerprint density at radius 3 is 1.39 bits per heavy atom. The van der Waals surface area contributed by atoms with Crippen LogP contribution in [0.1, 0.15) is 54.7 Å². The lowest BCUT2D eigenvalue weighted by Crippen LogP contribution is -2.69. The first kappa shape index (κ1) is 50.3. The van der Waals surface area contributed by atoms with Crippen LogP contribution in [-0.2, 0) is 67.2 Å². The van der Waals surface area contributed by atoms with Crippen LogP contribution in [-0.4, -0.2) is 103 Å². The van der Waals surface area contributed by atoms with Crippen molar-refractivity contribution in [1.82, 2.24) is 5.32 Å². The van der Waals surface area contributed by atoms with Crippen LogP contribution < -0.4 is 5.32 Å². The van der Waals surface area contributed by atoms with Gasteiger partial charge in [0.1, 0.15) is 43.2 Å². The Hall–Kier alpha value is -7.08. The molecule has 0 saturated carbocycles. The predicted octanol–water partition coefficient (Wildman–Crippen LogP) is 7.01. The summed E-state index contributed by atoms with van der Waals surface area (Å²) in [6, 6.07) is 51.3. The summed E-state index contributed by atoms with van der Waals surface area (Å²) in [5.41, 5.74) is 3.01. The van der Waals surface area contributed by atoms with E-state index in [1.54, 1.807) is 91.0 Å². The molecule has 0 bridgehead atoms. The van der Waals surface area contributed by atoms with Crippen molar-refractivity contribution >= 4 is 23.8 Å². The molecule has 2 aliphatic heterocycles. The highest BCUT2D eigenvalue weighted by atomic mass is 16.7. The molecule has 15 nitrogen and oxygen atoms in total. The first-order chi connectivity index (χ1) is 34.7. The maximum absolute atomic E-state index is 14.2. The van der Waals surface area contributed by atoms with E-state index in [1.165, 1.54) is 6.92 Å². The summed E-state index contributed by atoms with van der Waals surface area (Å²) in [4.78, 5) is 55.1. The highest BCUT2D eigenvalue weighted by Crippen LogP contribution is 2.35. The second-order valence-corrected chi connectivity index (χ2v) is 16.9. The number of ether oxygens (including phenoxy) is 9. The Labute approximate surface area is 411 Å². The SMILES string of the molecule is CC(=O)N[C@@H]1[C@@H](O[C@H]2[C@H](OCc3ccccc3)[C@@H](OCc3ccccc3)[C@@H](O)O[C@@H]2COCc2ccccc2)O[C@H](COC(=O)c2ccccc2)[C@@H](OC(=O)c2ccccc2)[C@@H]1OC(=O)c1ccccc1. The molecular weight excluding hydrogens is 911 g/mol. The Morgan fingerprint density at radius 2 is 0.901 bits per heavy atom. The quantitative estimate of drug-likeness (QED) is 0.0588. The Balaban J connectivity index is 1.20. The van der Waals surface area contributed by atoms with Gasteiger partial charge in [-0.15, -0.1) is 0 Å². The van der Waals surface area contributed by atoms with Crippen molar-refractivity contribution in [3.05, 3.63) is 215 Å². The fraction of sp³-hybridized carbons (Fsp3) is 0.286. The zero-order valence-corrected chi connectivity index (χ0v) is 38.9. The number of aliphatic hydroxyl groups is 1. The number of hydrogen-bond acceptors (Lipinski definition) is 14. The number of carbonyl (C=O) groups excluding carboxylic acids is 4. The van der Waals surface area contributed by atoms with Gasteiger partial charge in [-0.2, -0.15) is 0 Å². The summed E-state index contributed by atoms with van der Waals surface area (Å²) < 4.78 is 57.9. The number of benzene rings is 6. The van der Waals surface area contributed by atoms with Gasteiger partial charge in [-0.05, 0) is 53.1 Å². The normalized spacial score (nSPS) is 24.0. The highest BCUT2D eigenvalue weighted by molar-refractivity contribution is 5.91. The zero-order valence-electron chi connectivity index (χ0n) is 38.9. The minimum Gasteiger partial charge on any atom is -0.459 e. The van der Waals surface area contributed by atoms with Crippen molar-refractivity contribution in [3.8, 4) is 0 Å². The van der Waals surface area contributed by atoms with E-state index >= 15 is 0 Å². The fourth-order valence-corrected chi connectivity index (χ4v) is 8.29. The Kier molecular flexibility index (Phi) is 17.8. The summed E-state index contributed by atoms with van der Waals surface area (Å²) in [5, 5.41) is 14.7. The molecule has 0 aromatic heterocycles. The standard InChI is InChI=1S/C56H55NO14/c1-37(58)57-46-49(70-54(61)43-30-18-7-19-31-43)47(69-53(60)42-28-16-6-17-29-42)45(36-66-52(59)41-26-14-5-15-27-41)68-56(46)71-48-44(35-63-32-38-20-8-2-9-21-38)67-55(62)51(65-34-40-24-12-4-13-25-40)50(48)64-33-39-22-10-3-11-23-39/h2-31,44-51,55-56,62H,32-36H2,1H3,(H,57,58)/t44-,45-,46+,47-,48-,49-,50+,51-,55+,56-/m1/s1. The largest absolute Gasteiger partial charge is 0.459 e. The molecule has 2 heterocycles. The minimum absolute atomic E-state index is 0.0361. The number of aliphatic hydroxyl groups excluding tert-OH is 1. The molecule has 0 aliphatic carbocycles. The number of carbonyl (C=O) groups is 4. The molecule has 2 saturated heterocycles. The molecule has 2 aliphatic rings. The van der Waals surface area contributed by atoms with E-state index < -0.39 is 91.8 Å². The molecule has 0 spiro atoms. The number of nitrogens with one attached hydrogen (secondary N) is 1. The van der Waals surface area contributed by atoms with Gasteiger partial charge in [0, 0.05) is 6.92 Å². The second-order valence-electron chi connectivity index (χ2n) is 16.9. The van der Waals surface area contributed by atoms with Gasteiger partial charge in [0.05, 0.1) is 43.1 Å². The van der Waals surface area contributed by atoms with Crippen molar-refractivity contribution in [2.24, 2.45) is 0 Å². The maximum Gasteiger partial charge on any atom is 0.338 e. The molecule has 8 rings (SSSR count). The summed E-state index contributed by atoms with van der Waals surface area (Å²) in [7, 11) is 0. The maximum atomic E-state index is 14.2. The molecule has 1 amide bonds. The van der Waals surface area contributed by atoms with Crippen molar-refractivity contribution in [1.29, 1.82) is 0 Å². The second kappa shape index (κ2) is 25.2. The van der Waals surface area contributed by atoms with Gasteiger partial charge in [-0.25, -0.2) is 14.4 Å². The first-order valence-corrected chi connectivity index (χ1v) is 23.3. The van der Waals surface area contributed by atoms with Gasteiger partial charge in [-0.1, -0.05) is 146 Å². The van der Waals surface area contributed by atoms with Crippen molar-refractivity contribution < 1.29 is 66.9 Å². The summed E-state index contributed by atoms with van der Waals surface area (Å²) in [6.07, 6.45) is -12.3. The Bertz CT molecular complexity index is 2590. The van der Waals surface area contributed by atoms with Crippen LogP contribution in [0.25, 0.3) is 0 Å². The van der Waals surface area contributed by atoms with Gasteiger partial charge in [0.2, 0.25) is 5.91 Å². The van der Waals surface area contributed by atoms with E-state index in [4.69, 9.17) is 42.6 Å². The van der Waals surface area contributed by atoms with Gasteiger partial charge in [0.25, 0.3) is 0 Å². The number of esters is 3. The average molecular weight is 966 g/mol. The summed E-state index contributed by atoms with van der Waals surface area (Å²) >= 11 is 0. The van der Waals surface area contributed by atoms with Crippen LogP contribution in [0, 0.1) is 0 Å². The van der Waals surface area contributed by atoms with E-state index in [0.29, 0.717) is 0 Å². The number of hydrogen-bond donors (Lipinski definition) is 2. The molecular formula is C56H55NO14. The molecule has 2 N–H and O–H groups in total. The molecule has 71 heavy (non-hydrogen) atoms. The Morgan fingerprint density at radius 1 is 0.479 bits per heavy atom. The third kappa shape index (κ3) is 13.8. The van der Waals surface area contributed by atoms with E-state index in [0.717, 1.165) is 16.7 Å². The van der Waals surface area contributed by atoms with E-state index in [-0.39, 0.29) is 43.1 Å².